The van der Waals surface area contributed by atoms with Crippen molar-refractivity contribution in [3.05, 3.63) is 148 Å². The minimum absolute atomic E-state index is 0.0145. The molecule has 0 saturated heterocycles. The van der Waals surface area contributed by atoms with Crippen LogP contribution < -0.4 is 26.2 Å². The number of benzene rings is 6. The van der Waals surface area contributed by atoms with Gasteiger partial charge in [0.25, 0.3) is 6.71 Å². The molecule has 0 radical (unpaired) electrons. The van der Waals surface area contributed by atoms with Crippen LogP contribution in [0.25, 0.3) is 11.1 Å². The first-order chi connectivity index (χ1) is 31.2. The maximum Gasteiger partial charge on any atom is 0.252 e. The predicted molar refractivity (Wildman–Crippen MR) is 277 cm³/mol. The fourth-order valence-electron chi connectivity index (χ4n) is 13.5. The van der Waals surface area contributed by atoms with E-state index >= 15 is 0 Å². The fraction of sp³-hybridized carbons (Fsp3) is 0.410. The molecule has 0 unspecified atom stereocenters. The molecule has 0 aromatic heterocycles. The summed E-state index contributed by atoms with van der Waals surface area (Å²) >= 11 is 0. The zero-order valence-corrected chi connectivity index (χ0v) is 40.8. The lowest BCUT2D eigenvalue weighted by molar-refractivity contribution is 0.332. The Bertz CT molecular complexity index is 3080. The monoisotopic (exact) mass is 844 g/mol. The first-order valence-electron chi connectivity index (χ1n) is 25.7. The van der Waals surface area contributed by atoms with Gasteiger partial charge in [0, 0.05) is 38.2 Å². The average Bonchev–Trinajstić information content (AvgIpc) is 3.44. The maximum absolute atomic E-state index is 9.18. The van der Waals surface area contributed by atoms with E-state index in [2.05, 4.69) is 191 Å². The summed E-state index contributed by atoms with van der Waals surface area (Å²) in [5, 5.41) is 0. The summed E-state index contributed by atoms with van der Waals surface area (Å²) in [4.78, 5) is 4.95. The van der Waals surface area contributed by atoms with Gasteiger partial charge in [-0.1, -0.05) is 144 Å². The Balaban J connectivity index is 1.28. The molecule has 11 rings (SSSR count). The second-order valence-electron chi connectivity index (χ2n) is 24.5. The molecular weight excluding hydrogens is 771 g/mol. The van der Waals surface area contributed by atoms with E-state index in [1.165, 1.54) is 55.3 Å². The van der Waals surface area contributed by atoms with Gasteiger partial charge in [0.15, 0.2) is 0 Å². The van der Waals surface area contributed by atoms with Crippen molar-refractivity contribution < 1.29 is 4.11 Å². The van der Waals surface area contributed by atoms with Gasteiger partial charge in [0.2, 0.25) is 0 Å². The van der Waals surface area contributed by atoms with E-state index in [0.717, 1.165) is 77.4 Å². The molecule has 6 aromatic rings. The molecule has 6 aromatic carbocycles. The maximum atomic E-state index is 9.18. The lowest BCUT2D eigenvalue weighted by atomic mass is 9.33. The molecule has 0 bridgehead atoms. The van der Waals surface area contributed by atoms with Crippen molar-refractivity contribution in [2.45, 2.75) is 161 Å². The zero-order chi connectivity index (χ0) is 47.8. The minimum Gasteiger partial charge on any atom is -0.311 e. The highest BCUT2D eigenvalue weighted by molar-refractivity contribution is 7.00. The third kappa shape index (κ3) is 5.97. The third-order valence-corrected chi connectivity index (χ3v) is 17.2. The van der Waals surface area contributed by atoms with Crippen LogP contribution in [0.1, 0.15) is 164 Å². The van der Waals surface area contributed by atoms with Gasteiger partial charge in [0.1, 0.15) is 0 Å². The number of rotatable bonds is 3. The van der Waals surface area contributed by atoms with Crippen LogP contribution in [0.2, 0.25) is 0 Å². The highest BCUT2D eigenvalue weighted by Gasteiger charge is 2.49. The minimum atomic E-state index is -2.35. The molecule has 0 fully saturated rings. The predicted octanol–water partition coefficient (Wildman–Crippen LogP) is 14.7. The quantitative estimate of drug-likeness (QED) is 0.164. The van der Waals surface area contributed by atoms with E-state index in [-0.39, 0.29) is 39.2 Å². The highest BCUT2D eigenvalue weighted by atomic mass is 15.2. The molecule has 2 aliphatic heterocycles. The van der Waals surface area contributed by atoms with Crippen LogP contribution in [0.3, 0.4) is 0 Å². The molecule has 3 heteroatoms. The second-order valence-corrected chi connectivity index (χ2v) is 24.5. The Kier molecular flexibility index (Phi) is 7.95. The summed E-state index contributed by atoms with van der Waals surface area (Å²) in [6.45, 7) is 28.7. The van der Waals surface area contributed by atoms with Gasteiger partial charge in [-0.25, -0.2) is 0 Å². The SMILES string of the molecule is [2H]C([2H])([2H])c1cc2c3c(c1)N(c1cc4c(cc1C)C(C)(C)CCC4(C)C)c1cc4c(cc1B3c1ccc(-c3ccccc3)cc1N2c1ccc2c(c1)C(C)(C)CCC2(C)C)C(C)(C)CC4(C)C. The molecule has 3 aliphatic carbocycles. The number of anilines is 6. The Morgan fingerprint density at radius 3 is 1.61 bits per heavy atom. The fourth-order valence-corrected chi connectivity index (χ4v) is 13.5. The first-order valence-corrected chi connectivity index (χ1v) is 24.2. The topological polar surface area (TPSA) is 6.48 Å². The Hall–Kier alpha value is -5.02. The summed E-state index contributed by atoms with van der Waals surface area (Å²) in [5.41, 5.74) is 22.4. The number of fused-ring (bicyclic) bond motifs is 7. The highest BCUT2D eigenvalue weighted by Crippen LogP contribution is 2.55. The number of nitrogens with zero attached hydrogens (tertiary/aromatic N) is 2. The second kappa shape index (κ2) is 13.3. The van der Waals surface area contributed by atoms with E-state index < -0.39 is 6.85 Å². The van der Waals surface area contributed by atoms with Gasteiger partial charge < -0.3 is 9.80 Å². The molecule has 0 atom stereocenters. The van der Waals surface area contributed by atoms with Gasteiger partial charge in [-0.05, 0) is 193 Å². The van der Waals surface area contributed by atoms with Crippen molar-refractivity contribution in [2.75, 3.05) is 9.80 Å². The van der Waals surface area contributed by atoms with Crippen molar-refractivity contribution in [1.82, 2.24) is 0 Å². The first kappa shape index (κ1) is 38.3. The van der Waals surface area contributed by atoms with Crippen molar-refractivity contribution in [3.8, 4) is 11.1 Å². The van der Waals surface area contributed by atoms with Crippen LogP contribution in [-0.4, -0.2) is 6.71 Å². The van der Waals surface area contributed by atoms with Crippen molar-refractivity contribution >= 4 is 57.2 Å². The molecule has 0 spiro atoms. The van der Waals surface area contributed by atoms with Crippen molar-refractivity contribution in [2.24, 2.45) is 0 Å². The van der Waals surface area contributed by atoms with E-state index in [0.29, 0.717) is 5.56 Å². The molecule has 64 heavy (non-hydrogen) atoms. The summed E-state index contributed by atoms with van der Waals surface area (Å²) in [6.07, 6.45) is 5.55. The summed E-state index contributed by atoms with van der Waals surface area (Å²) in [6, 6.07) is 39.1. The largest absolute Gasteiger partial charge is 0.311 e. The van der Waals surface area contributed by atoms with E-state index in [9.17, 15) is 4.11 Å². The standard InChI is InChI=1S/C61H69BN2/c1-37-28-53-55-54(29-37)64(50-34-46-43(30-38(50)2)57(5,6)26-27-59(46,9)10)52-35-47-45(60(11,12)36-61(47,13)14)33-49(52)62(55)48-23-20-40(39-18-16-15-17-19-39)31-51(48)63(53)41-21-22-42-44(32-41)58(7,8)25-24-56(42,3)4/h15-23,28-35H,24-27,36H2,1-14H3/i1D3. The molecule has 326 valence electrons. The van der Waals surface area contributed by atoms with Crippen LogP contribution in [0.15, 0.2) is 103 Å². The number of aryl methyl sites for hydroxylation is 2. The Morgan fingerprint density at radius 1 is 0.438 bits per heavy atom. The molecule has 0 N–H and O–H groups in total. The Labute approximate surface area is 389 Å². The molecular formula is C61H69BN2. The summed E-state index contributed by atoms with van der Waals surface area (Å²) in [7, 11) is 0. The number of hydrogen-bond donors (Lipinski definition) is 0. The van der Waals surface area contributed by atoms with Gasteiger partial charge in [-0.2, -0.15) is 0 Å². The Morgan fingerprint density at radius 2 is 0.969 bits per heavy atom. The zero-order valence-electron chi connectivity index (χ0n) is 43.8. The molecule has 2 heterocycles. The van der Waals surface area contributed by atoms with Crippen LogP contribution in [-0.2, 0) is 32.5 Å². The van der Waals surface area contributed by atoms with Gasteiger partial charge in [0.05, 0.1) is 0 Å². The lowest BCUT2D eigenvalue weighted by Crippen LogP contribution is -2.61. The summed E-state index contributed by atoms with van der Waals surface area (Å²) < 4.78 is 27.5. The van der Waals surface area contributed by atoms with Crippen molar-refractivity contribution in [1.29, 1.82) is 0 Å². The van der Waals surface area contributed by atoms with E-state index in [1.54, 1.807) is 0 Å². The smallest absolute Gasteiger partial charge is 0.252 e. The van der Waals surface area contributed by atoms with Gasteiger partial charge in [-0.3, -0.25) is 0 Å². The van der Waals surface area contributed by atoms with E-state index in [1.807, 2.05) is 12.1 Å². The molecule has 0 amide bonds. The van der Waals surface area contributed by atoms with Crippen LogP contribution in [0.4, 0.5) is 34.1 Å². The lowest BCUT2D eigenvalue weighted by Gasteiger charge is -2.47. The van der Waals surface area contributed by atoms with Gasteiger partial charge >= 0.3 is 0 Å². The average molecular weight is 844 g/mol. The normalized spacial score (nSPS) is 21.6. The number of hydrogen-bond acceptors (Lipinski definition) is 2. The van der Waals surface area contributed by atoms with Crippen LogP contribution in [0, 0.1) is 13.8 Å². The molecule has 5 aliphatic rings. The third-order valence-electron chi connectivity index (χ3n) is 17.2. The molecule has 2 nitrogen and oxygen atoms in total. The van der Waals surface area contributed by atoms with Crippen LogP contribution >= 0.6 is 0 Å². The van der Waals surface area contributed by atoms with E-state index in [4.69, 9.17) is 0 Å². The molecule has 0 saturated carbocycles. The van der Waals surface area contributed by atoms with Crippen molar-refractivity contribution in [3.63, 3.8) is 0 Å². The van der Waals surface area contributed by atoms with Gasteiger partial charge in [-0.15, -0.1) is 0 Å². The van der Waals surface area contributed by atoms with Crippen LogP contribution in [0.5, 0.6) is 0 Å². The summed E-state index contributed by atoms with van der Waals surface area (Å²) in [5.74, 6) is 0.